The van der Waals surface area contributed by atoms with Crippen LogP contribution >= 0.6 is 11.3 Å². The molecule has 0 atom stereocenters. The number of rotatable bonds is 4. The second kappa shape index (κ2) is 7.85. The van der Waals surface area contributed by atoms with E-state index in [0.29, 0.717) is 22.5 Å². The number of hydrogen-bond donors (Lipinski definition) is 0. The molecular formula is C20H18N2O2S. The Labute approximate surface area is 150 Å². The van der Waals surface area contributed by atoms with Crippen molar-refractivity contribution in [3.05, 3.63) is 76.6 Å². The molecule has 4 nitrogen and oxygen atoms in total. The average molecular weight is 350 g/mol. The maximum atomic E-state index is 12.4. The maximum Gasteiger partial charge on any atom is 0.343 e. The van der Waals surface area contributed by atoms with Gasteiger partial charge in [0.15, 0.2) is 0 Å². The van der Waals surface area contributed by atoms with Crippen molar-refractivity contribution in [3.63, 3.8) is 0 Å². The van der Waals surface area contributed by atoms with E-state index in [2.05, 4.69) is 9.98 Å². The zero-order valence-corrected chi connectivity index (χ0v) is 14.9. The Kier molecular flexibility index (Phi) is 5.36. The number of para-hydroxylation sites is 1. The van der Waals surface area contributed by atoms with Gasteiger partial charge in [-0.15, -0.1) is 0 Å². The Morgan fingerprint density at radius 1 is 1.08 bits per heavy atom. The molecule has 3 aromatic rings. The summed E-state index contributed by atoms with van der Waals surface area (Å²) < 4.78 is 5.81. The summed E-state index contributed by atoms with van der Waals surface area (Å²) in [6, 6.07) is 19.5. The SMILES string of the molecule is CCOC(=O)c1c(C)nc(-c2ccccc2)sc1=Nc1ccccc1. The van der Waals surface area contributed by atoms with Crippen molar-refractivity contribution >= 4 is 23.0 Å². The van der Waals surface area contributed by atoms with Gasteiger partial charge in [-0.2, -0.15) is 0 Å². The molecule has 0 bridgehead atoms. The fraction of sp³-hybridized carbons (Fsp3) is 0.150. The summed E-state index contributed by atoms with van der Waals surface area (Å²) in [6.07, 6.45) is 0. The van der Waals surface area contributed by atoms with E-state index in [1.165, 1.54) is 11.3 Å². The van der Waals surface area contributed by atoms with Gasteiger partial charge in [0.25, 0.3) is 0 Å². The number of aromatic nitrogens is 1. The average Bonchev–Trinajstić information content (AvgIpc) is 2.63. The normalized spacial score (nSPS) is 11.4. The van der Waals surface area contributed by atoms with E-state index in [4.69, 9.17) is 4.74 Å². The van der Waals surface area contributed by atoms with Gasteiger partial charge in [0.1, 0.15) is 15.2 Å². The van der Waals surface area contributed by atoms with Crippen LogP contribution in [0.15, 0.2) is 65.7 Å². The molecule has 0 N–H and O–H groups in total. The Morgan fingerprint density at radius 3 is 2.36 bits per heavy atom. The molecule has 126 valence electrons. The van der Waals surface area contributed by atoms with Crippen molar-refractivity contribution in [2.45, 2.75) is 13.8 Å². The summed E-state index contributed by atoms with van der Waals surface area (Å²) in [4.78, 5) is 21.7. The Balaban J connectivity index is 2.22. The molecule has 1 heterocycles. The minimum absolute atomic E-state index is 0.314. The summed E-state index contributed by atoms with van der Waals surface area (Å²) in [5, 5.41) is 0.820. The van der Waals surface area contributed by atoms with E-state index >= 15 is 0 Å². The second-order valence-corrected chi connectivity index (χ2v) is 6.30. The largest absolute Gasteiger partial charge is 0.462 e. The zero-order valence-electron chi connectivity index (χ0n) is 14.1. The highest BCUT2D eigenvalue weighted by molar-refractivity contribution is 7.12. The molecule has 2 aromatic carbocycles. The molecule has 3 rings (SSSR count). The molecule has 0 saturated carbocycles. The summed E-state index contributed by atoms with van der Waals surface area (Å²) in [7, 11) is 0. The van der Waals surface area contributed by atoms with Crippen LogP contribution in [0, 0.1) is 6.92 Å². The van der Waals surface area contributed by atoms with Gasteiger partial charge in [-0.25, -0.2) is 14.8 Å². The number of benzene rings is 2. The van der Waals surface area contributed by atoms with Crippen molar-refractivity contribution in [2.24, 2.45) is 4.99 Å². The number of esters is 1. The van der Waals surface area contributed by atoms with E-state index in [-0.39, 0.29) is 0 Å². The fourth-order valence-corrected chi connectivity index (χ4v) is 3.47. The highest BCUT2D eigenvalue weighted by atomic mass is 32.1. The van der Waals surface area contributed by atoms with E-state index in [0.717, 1.165) is 16.3 Å². The predicted octanol–water partition coefficient (Wildman–Crippen LogP) is 4.53. The number of hydrogen-bond acceptors (Lipinski definition) is 5. The van der Waals surface area contributed by atoms with Crippen molar-refractivity contribution in [1.82, 2.24) is 4.98 Å². The molecular weight excluding hydrogens is 332 g/mol. The smallest absolute Gasteiger partial charge is 0.343 e. The molecule has 0 radical (unpaired) electrons. The first-order valence-corrected chi connectivity index (χ1v) is 8.84. The van der Waals surface area contributed by atoms with Crippen LogP contribution in [0.1, 0.15) is 23.0 Å². The highest BCUT2D eigenvalue weighted by Crippen LogP contribution is 2.21. The van der Waals surface area contributed by atoms with Crippen LogP contribution < -0.4 is 4.67 Å². The standard InChI is InChI=1S/C20H18N2O2S/c1-3-24-20(23)17-14(2)21-18(15-10-6-4-7-11-15)25-19(17)22-16-12-8-5-9-13-16/h4-13H,3H2,1-2H3. The Morgan fingerprint density at radius 2 is 1.72 bits per heavy atom. The lowest BCUT2D eigenvalue weighted by atomic mass is 10.2. The van der Waals surface area contributed by atoms with E-state index < -0.39 is 5.97 Å². The molecule has 0 spiro atoms. The molecule has 1 aromatic heterocycles. The molecule has 0 fully saturated rings. The second-order valence-electron chi connectivity index (χ2n) is 5.32. The van der Waals surface area contributed by atoms with Gasteiger partial charge in [-0.05, 0) is 26.0 Å². The van der Waals surface area contributed by atoms with Crippen LogP contribution in [-0.4, -0.2) is 17.6 Å². The quantitative estimate of drug-likeness (QED) is 0.650. The summed E-state index contributed by atoms with van der Waals surface area (Å²) in [5.41, 5.74) is 2.82. The van der Waals surface area contributed by atoms with Crippen LogP contribution in [0.25, 0.3) is 10.6 Å². The number of aryl methyl sites for hydroxylation is 1. The number of nitrogens with zero attached hydrogens (tertiary/aromatic N) is 2. The summed E-state index contributed by atoms with van der Waals surface area (Å²) >= 11 is 1.39. The van der Waals surface area contributed by atoms with Crippen LogP contribution in [0.4, 0.5) is 5.69 Å². The van der Waals surface area contributed by atoms with Crippen molar-refractivity contribution < 1.29 is 9.53 Å². The molecule has 0 aliphatic heterocycles. The van der Waals surface area contributed by atoms with Crippen molar-refractivity contribution in [2.75, 3.05) is 6.61 Å². The first-order valence-electron chi connectivity index (χ1n) is 8.03. The third-order valence-corrected chi connectivity index (χ3v) is 4.53. The summed E-state index contributed by atoms with van der Waals surface area (Å²) in [5.74, 6) is -0.391. The first kappa shape index (κ1) is 17.0. The molecule has 0 saturated heterocycles. The molecule has 0 unspecified atom stereocenters. The van der Waals surface area contributed by atoms with Gasteiger partial charge < -0.3 is 4.74 Å². The third kappa shape index (κ3) is 4.00. The lowest BCUT2D eigenvalue weighted by Gasteiger charge is -2.08. The Hall–Kier alpha value is -2.79. The van der Waals surface area contributed by atoms with Crippen molar-refractivity contribution in [3.8, 4) is 10.6 Å². The zero-order chi connectivity index (χ0) is 17.6. The van der Waals surface area contributed by atoms with Gasteiger partial charge in [0, 0.05) is 5.56 Å². The molecule has 25 heavy (non-hydrogen) atoms. The van der Waals surface area contributed by atoms with Crippen LogP contribution in [0.5, 0.6) is 0 Å². The maximum absolute atomic E-state index is 12.4. The molecule has 0 aliphatic rings. The van der Waals surface area contributed by atoms with Crippen molar-refractivity contribution in [1.29, 1.82) is 0 Å². The fourth-order valence-electron chi connectivity index (χ4n) is 2.37. The van der Waals surface area contributed by atoms with E-state index in [1.807, 2.05) is 67.6 Å². The number of ether oxygens (including phenoxy) is 1. The first-order chi connectivity index (χ1) is 12.2. The lowest BCUT2D eigenvalue weighted by Crippen LogP contribution is -2.19. The van der Waals surface area contributed by atoms with Gasteiger partial charge in [-0.1, -0.05) is 59.9 Å². The lowest BCUT2D eigenvalue weighted by molar-refractivity contribution is 0.0523. The monoisotopic (exact) mass is 350 g/mol. The van der Waals surface area contributed by atoms with E-state index in [9.17, 15) is 4.79 Å². The predicted molar refractivity (Wildman–Crippen MR) is 99.9 cm³/mol. The van der Waals surface area contributed by atoms with E-state index in [1.54, 1.807) is 6.92 Å². The van der Waals surface area contributed by atoms with Gasteiger partial charge in [0.05, 0.1) is 18.0 Å². The number of carbonyl (C=O) groups excluding carboxylic acids is 1. The third-order valence-electron chi connectivity index (χ3n) is 3.53. The number of carbonyl (C=O) groups is 1. The molecule has 0 amide bonds. The Bertz CT molecular complexity index is 935. The molecule has 5 heteroatoms. The minimum Gasteiger partial charge on any atom is -0.462 e. The van der Waals surface area contributed by atoms with Crippen LogP contribution in [0.2, 0.25) is 0 Å². The summed E-state index contributed by atoms with van der Waals surface area (Å²) in [6.45, 7) is 3.92. The molecule has 0 aliphatic carbocycles. The highest BCUT2D eigenvalue weighted by Gasteiger charge is 2.17. The van der Waals surface area contributed by atoms with Gasteiger partial charge in [-0.3, -0.25) is 0 Å². The van der Waals surface area contributed by atoms with Crippen LogP contribution in [-0.2, 0) is 4.74 Å². The van der Waals surface area contributed by atoms with Gasteiger partial charge in [0.2, 0.25) is 0 Å². The topological polar surface area (TPSA) is 51.5 Å². The van der Waals surface area contributed by atoms with Gasteiger partial charge >= 0.3 is 5.97 Å². The minimum atomic E-state index is -0.391. The van der Waals surface area contributed by atoms with Crippen LogP contribution in [0.3, 0.4) is 0 Å².